The van der Waals surface area contributed by atoms with Crippen LogP contribution in [-0.4, -0.2) is 49.0 Å². The average Bonchev–Trinajstić information content (AvgIpc) is 2.78. The number of ether oxygens (including phenoxy) is 5. The number of benzene rings is 2. The molecule has 0 spiro atoms. The van der Waals surface area contributed by atoms with Crippen molar-refractivity contribution in [1.82, 2.24) is 0 Å². The Labute approximate surface area is 170 Å². The lowest BCUT2D eigenvalue weighted by molar-refractivity contribution is -0.365. The van der Waals surface area contributed by atoms with Crippen molar-refractivity contribution in [2.24, 2.45) is 0 Å². The van der Waals surface area contributed by atoms with Crippen molar-refractivity contribution in [3.63, 3.8) is 0 Å². The van der Waals surface area contributed by atoms with Crippen molar-refractivity contribution < 1.29 is 28.8 Å². The quantitative estimate of drug-likeness (QED) is 0.724. The Bertz CT molecular complexity index is 767. The Balaban J connectivity index is 1.51. The summed E-state index contributed by atoms with van der Waals surface area (Å²) in [6.45, 7) is 4.57. The summed E-state index contributed by atoms with van der Waals surface area (Å²) in [6, 6.07) is 19.5. The first-order valence-electron chi connectivity index (χ1n) is 9.80. The van der Waals surface area contributed by atoms with E-state index in [2.05, 4.69) is 6.58 Å². The molecule has 2 aromatic rings. The molecule has 6 heteroatoms. The third-order valence-corrected chi connectivity index (χ3v) is 5.04. The molecule has 154 valence electrons. The summed E-state index contributed by atoms with van der Waals surface area (Å²) >= 11 is 0. The van der Waals surface area contributed by atoms with E-state index in [1.54, 1.807) is 6.08 Å². The molecule has 0 amide bonds. The monoisotopic (exact) mass is 398 g/mol. The molecule has 6 atom stereocenters. The van der Waals surface area contributed by atoms with Gasteiger partial charge in [0.25, 0.3) is 0 Å². The van der Waals surface area contributed by atoms with E-state index < -0.39 is 37.0 Å². The predicted molar refractivity (Wildman–Crippen MR) is 106 cm³/mol. The molecule has 2 fully saturated rings. The Kier molecular flexibility index (Phi) is 6.71. The average molecular weight is 398 g/mol. The zero-order chi connectivity index (χ0) is 20.1. The molecule has 0 aromatic heterocycles. The van der Waals surface area contributed by atoms with E-state index in [0.29, 0.717) is 13.2 Å². The molecule has 2 saturated heterocycles. The van der Waals surface area contributed by atoms with E-state index in [-0.39, 0.29) is 6.61 Å². The lowest BCUT2D eigenvalue weighted by Gasteiger charge is -2.47. The van der Waals surface area contributed by atoms with E-state index in [4.69, 9.17) is 23.7 Å². The number of fused-ring (bicyclic) bond motifs is 1. The van der Waals surface area contributed by atoms with Crippen molar-refractivity contribution in [1.29, 1.82) is 0 Å². The topological polar surface area (TPSA) is 66.4 Å². The van der Waals surface area contributed by atoms with Gasteiger partial charge in [-0.05, 0) is 5.56 Å². The van der Waals surface area contributed by atoms with Crippen molar-refractivity contribution in [3.8, 4) is 0 Å². The minimum absolute atomic E-state index is 0.263. The maximum Gasteiger partial charge on any atom is 0.187 e. The first-order chi connectivity index (χ1) is 14.3. The first-order valence-corrected chi connectivity index (χ1v) is 9.80. The Morgan fingerprint density at radius 2 is 1.72 bits per heavy atom. The molecule has 2 aliphatic heterocycles. The van der Waals surface area contributed by atoms with E-state index in [0.717, 1.165) is 11.1 Å². The van der Waals surface area contributed by atoms with E-state index >= 15 is 0 Å². The van der Waals surface area contributed by atoms with Gasteiger partial charge in [-0.1, -0.05) is 66.7 Å². The van der Waals surface area contributed by atoms with E-state index in [1.165, 1.54) is 0 Å². The van der Waals surface area contributed by atoms with Crippen molar-refractivity contribution >= 4 is 0 Å². The summed E-state index contributed by atoms with van der Waals surface area (Å²) < 4.78 is 29.7. The lowest BCUT2D eigenvalue weighted by atomic mass is 9.97. The van der Waals surface area contributed by atoms with E-state index in [9.17, 15) is 5.11 Å². The van der Waals surface area contributed by atoms with Crippen LogP contribution in [0.2, 0.25) is 0 Å². The van der Waals surface area contributed by atoms with Crippen LogP contribution in [0, 0.1) is 0 Å². The van der Waals surface area contributed by atoms with Crippen LogP contribution in [0.3, 0.4) is 0 Å². The molecule has 2 aliphatic rings. The summed E-state index contributed by atoms with van der Waals surface area (Å²) in [5.74, 6) is 0. The summed E-state index contributed by atoms with van der Waals surface area (Å²) in [4.78, 5) is 0. The van der Waals surface area contributed by atoms with Gasteiger partial charge in [-0.2, -0.15) is 0 Å². The van der Waals surface area contributed by atoms with Crippen LogP contribution < -0.4 is 0 Å². The minimum Gasteiger partial charge on any atom is -0.385 e. The van der Waals surface area contributed by atoms with Crippen LogP contribution in [0.4, 0.5) is 0 Å². The second-order valence-corrected chi connectivity index (χ2v) is 7.09. The van der Waals surface area contributed by atoms with Gasteiger partial charge in [0, 0.05) is 5.56 Å². The fourth-order valence-electron chi connectivity index (χ4n) is 3.60. The smallest absolute Gasteiger partial charge is 0.187 e. The normalized spacial score (nSPS) is 31.8. The second kappa shape index (κ2) is 9.63. The Hall–Kier alpha value is -2.06. The SMILES string of the molecule is C=CCO[C@@H]1O[C@@H]2CO[C@@H](c3ccccc3)O[C@H]2[C@H](OCc2ccccc2)[C@H]1O. The predicted octanol–water partition coefficient (Wildman–Crippen LogP) is 2.97. The highest BCUT2D eigenvalue weighted by Crippen LogP contribution is 2.35. The summed E-state index contributed by atoms with van der Waals surface area (Å²) in [7, 11) is 0. The zero-order valence-electron chi connectivity index (χ0n) is 16.1. The van der Waals surface area contributed by atoms with Crippen molar-refractivity contribution in [2.75, 3.05) is 13.2 Å². The molecule has 6 nitrogen and oxygen atoms in total. The minimum atomic E-state index is -1.01. The first kappa shape index (κ1) is 20.2. The third-order valence-electron chi connectivity index (χ3n) is 5.04. The highest BCUT2D eigenvalue weighted by molar-refractivity contribution is 5.17. The number of rotatable bonds is 7. The molecule has 1 N–H and O–H groups in total. The molecule has 2 aromatic carbocycles. The van der Waals surface area contributed by atoms with Gasteiger partial charge in [-0.15, -0.1) is 6.58 Å². The summed E-state index contributed by atoms with van der Waals surface area (Å²) in [6.07, 6.45) is -2.29. The number of hydrogen-bond acceptors (Lipinski definition) is 6. The Morgan fingerprint density at radius 3 is 2.45 bits per heavy atom. The third kappa shape index (κ3) is 4.75. The van der Waals surface area contributed by atoms with Crippen LogP contribution in [0.25, 0.3) is 0 Å². The van der Waals surface area contributed by atoms with Gasteiger partial charge in [-0.25, -0.2) is 0 Å². The lowest BCUT2D eigenvalue weighted by Crippen LogP contribution is -2.63. The molecule has 4 rings (SSSR count). The van der Waals surface area contributed by atoms with Gasteiger partial charge in [0.1, 0.15) is 24.4 Å². The molecular formula is C23H26O6. The molecule has 0 aliphatic carbocycles. The molecule has 0 bridgehead atoms. The van der Waals surface area contributed by atoms with Gasteiger partial charge in [-0.3, -0.25) is 0 Å². The molecule has 0 unspecified atom stereocenters. The van der Waals surface area contributed by atoms with Crippen LogP contribution in [0.15, 0.2) is 73.3 Å². The largest absolute Gasteiger partial charge is 0.385 e. The zero-order valence-corrected chi connectivity index (χ0v) is 16.1. The van der Waals surface area contributed by atoms with Gasteiger partial charge in [0.05, 0.1) is 19.8 Å². The number of hydrogen-bond donors (Lipinski definition) is 1. The highest BCUT2D eigenvalue weighted by atomic mass is 16.8. The summed E-state index contributed by atoms with van der Waals surface area (Å²) in [5, 5.41) is 10.9. The van der Waals surface area contributed by atoms with E-state index in [1.807, 2.05) is 60.7 Å². The standard InChI is InChI=1S/C23H26O6/c1-2-13-25-23-19(24)21(26-14-16-9-5-3-6-10-16)20-18(28-23)15-27-22(29-20)17-11-7-4-8-12-17/h2-12,18-24H,1,13-15H2/t18-,19-,20-,21-,22-,23-/m1/s1. The molecule has 29 heavy (non-hydrogen) atoms. The molecule has 0 saturated carbocycles. The highest BCUT2D eigenvalue weighted by Gasteiger charge is 2.50. The van der Waals surface area contributed by atoms with Crippen LogP contribution >= 0.6 is 0 Å². The van der Waals surface area contributed by atoms with Gasteiger partial charge in [0.2, 0.25) is 0 Å². The maximum atomic E-state index is 10.9. The molecule has 0 radical (unpaired) electrons. The fraction of sp³-hybridized carbons (Fsp3) is 0.391. The number of aliphatic hydroxyl groups excluding tert-OH is 1. The second-order valence-electron chi connectivity index (χ2n) is 7.09. The fourth-order valence-corrected chi connectivity index (χ4v) is 3.60. The van der Waals surface area contributed by atoms with Gasteiger partial charge < -0.3 is 28.8 Å². The van der Waals surface area contributed by atoms with Crippen LogP contribution in [0.1, 0.15) is 17.4 Å². The van der Waals surface area contributed by atoms with Crippen molar-refractivity contribution in [3.05, 3.63) is 84.4 Å². The maximum absolute atomic E-state index is 10.9. The van der Waals surface area contributed by atoms with Gasteiger partial charge >= 0.3 is 0 Å². The number of aliphatic hydroxyl groups is 1. The van der Waals surface area contributed by atoms with Crippen LogP contribution in [0.5, 0.6) is 0 Å². The molecular weight excluding hydrogens is 372 g/mol. The van der Waals surface area contributed by atoms with Crippen LogP contribution in [-0.2, 0) is 30.3 Å². The van der Waals surface area contributed by atoms with Crippen molar-refractivity contribution in [2.45, 2.75) is 43.6 Å². The van der Waals surface area contributed by atoms with Gasteiger partial charge in [0.15, 0.2) is 12.6 Å². The Morgan fingerprint density at radius 1 is 1.00 bits per heavy atom. The molecule has 2 heterocycles. The summed E-state index contributed by atoms with van der Waals surface area (Å²) in [5.41, 5.74) is 1.92.